The quantitative estimate of drug-likeness (QED) is 0.411. The molecule has 1 aliphatic rings. The summed E-state index contributed by atoms with van der Waals surface area (Å²) >= 11 is 7.21. The minimum Gasteiger partial charge on any atom is -0.488 e. The highest BCUT2D eigenvalue weighted by atomic mass is 35.5. The van der Waals surface area contributed by atoms with Gasteiger partial charge in [-0.25, -0.2) is 8.42 Å². The number of alkyl halides is 3. The van der Waals surface area contributed by atoms with Gasteiger partial charge >= 0.3 is 6.18 Å². The van der Waals surface area contributed by atoms with Gasteiger partial charge in [-0.15, -0.1) is 11.3 Å². The Bertz CT molecular complexity index is 1330. The Morgan fingerprint density at radius 1 is 1.23 bits per heavy atom. The summed E-state index contributed by atoms with van der Waals surface area (Å²) < 4.78 is 74.5. The van der Waals surface area contributed by atoms with Gasteiger partial charge < -0.3 is 14.7 Å². The number of halogens is 4. The van der Waals surface area contributed by atoms with Crippen LogP contribution in [0.5, 0.6) is 5.75 Å². The van der Waals surface area contributed by atoms with Crippen molar-refractivity contribution in [1.82, 2.24) is 4.90 Å². The van der Waals surface area contributed by atoms with Crippen LogP contribution in [0.3, 0.4) is 0 Å². The molecule has 35 heavy (non-hydrogen) atoms. The Morgan fingerprint density at radius 2 is 2.00 bits per heavy atom. The molecule has 0 radical (unpaired) electrons. The van der Waals surface area contributed by atoms with Gasteiger partial charge in [0.05, 0.1) is 27.8 Å². The van der Waals surface area contributed by atoms with Crippen LogP contribution in [0.25, 0.3) is 10.4 Å². The lowest BCUT2D eigenvalue weighted by atomic mass is 10.1. The minimum atomic E-state index is -4.66. The molecule has 0 spiro atoms. The number of rotatable bonds is 7. The zero-order chi connectivity index (χ0) is 25.4. The Hall–Kier alpha value is -2.31. The van der Waals surface area contributed by atoms with Crippen molar-refractivity contribution in [3.8, 4) is 16.2 Å². The number of ether oxygens (including phenoxy) is 1. The molecule has 1 aliphatic heterocycles. The highest BCUT2D eigenvalue weighted by Crippen LogP contribution is 2.41. The summed E-state index contributed by atoms with van der Waals surface area (Å²) in [5.74, 6) is -0.427. The molecule has 188 valence electrons. The van der Waals surface area contributed by atoms with E-state index in [1.165, 1.54) is 6.07 Å². The number of hydrogen-bond donors (Lipinski definition) is 2. The standard InChI is InChI=1S/C23H22ClF3N2O4S2/c1-29-8-7-17(12-29)33-20-10-16(5-6-18(20)23(25,26)27)28-35(31,32)21-11-19(24)22(34-21)15-4-2-3-14(9-15)13-30/h2-6,9-11,17,28,30H,7-8,12-13H2,1H3/t17-/m1/s1. The number of anilines is 1. The number of nitrogens with zero attached hydrogens (tertiary/aromatic N) is 1. The van der Waals surface area contributed by atoms with Crippen molar-refractivity contribution in [2.24, 2.45) is 0 Å². The first-order chi connectivity index (χ1) is 16.5. The molecule has 2 N–H and O–H groups in total. The van der Waals surface area contributed by atoms with Crippen molar-refractivity contribution in [3.05, 3.63) is 64.7 Å². The molecule has 2 heterocycles. The normalized spacial score (nSPS) is 17.0. The van der Waals surface area contributed by atoms with Gasteiger partial charge in [0.1, 0.15) is 16.1 Å². The lowest BCUT2D eigenvalue weighted by Gasteiger charge is -2.19. The van der Waals surface area contributed by atoms with Crippen LogP contribution in [-0.2, 0) is 22.8 Å². The van der Waals surface area contributed by atoms with Crippen molar-refractivity contribution >= 4 is 38.6 Å². The second kappa shape index (κ2) is 9.98. The summed E-state index contributed by atoms with van der Waals surface area (Å²) in [7, 11) is -2.30. The van der Waals surface area contributed by atoms with E-state index in [4.69, 9.17) is 16.3 Å². The molecule has 0 bridgehead atoms. The summed E-state index contributed by atoms with van der Waals surface area (Å²) in [6.45, 7) is 0.987. The van der Waals surface area contributed by atoms with Crippen LogP contribution in [-0.4, -0.2) is 44.7 Å². The van der Waals surface area contributed by atoms with Gasteiger partial charge in [-0.3, -0.25) is 4.72 Å². The summed E-state index contributed by atoms with van der Waals surface area (Å²) in [6, 6.07) is 11.1. The van der Waals surface area contributed by atoms with Gasteiger partial charge in [-0.2, -0.15) is 13.2 Å². The van der Waals surface area contributed by atoms with Crippen LogP contribution in [0.1, 0.15) is 17.5 Å². The number of aliphatic hydroxyl groups is 1. The first-order valence-corrected chi connectivity index (χ1v) is 13.2. The van der Waals surface area contributed by atoms with E-state index in [9.17, 15) is 26.7 Å². The van der Waals surface area contributed by atoms with E-state index >= 15 is 0 Å². The summed E-state index contributed by atoms with van der Waals surface area (Å²) in [4.78, 5) is 2.43. The van der Waals surface area contributed by atoms with Gasteiger partial charge in [-0.05, 0) is 48.9 Å². The zero-order valence-corrected chi connectivity index (χ0v) is 20.9. The van der Waals surface area contributed by atoms with Crippen molar-refractivity contribution in [1.29, 1.82) is 0 Å². The molecule has 1 aromatic heterocycles. The SMILES string of the molecule is CN1CC[C@@H](Oc2cc(NS(=O)(=O)c3cc(Cl)c(-c4cccc(CO)c4)s3)ccc2C(F)(F)F)C1. The maximum absolute atomic E-state index is 13.5. The van der Waals surface area contributed by atoms with Gasteiger partial charge in [0.15, 0.2) is 0 Å². The number of nitrogens with one attached hydrogen (secondary N) is 1. The zero-order valence-electron chi connectivity index (χ0n) is 18.5. The van der Waals surface area contributed by atoms with Gasteiger partial charge in [-0.1, -0.05) is 29.8 Å². The Labute approximate surface area is 210 Å². The first kappa shape index (κ1) is 25.8. The van der Waals surface area contributed by atoms with Gasteiger partial charge in [0.2, 0.25) is 0 Å². The second-order valence-electron chi connectivity index (χ2n) is 8.21. The number of likely N-dealkylation sites (N-methyl/N-ethyl adjacent to an activating group) is 1. The largest absolute Gasteiger partial charge is 0.488 e. The highest BCUT2D eigenvalue weighted by molar-refractivity contribution is 7.94. The fourth-order valence-electron chi connectivity index (χ4n) is 3.78. The minimum absolute atomic E-state index is 0.0623. The number of thiophene rings is 1. The maximum Gasteiger partial charge on any atom is 0.419 e. The highest BCUT2D eigenvalue weighted by Gasteiger charge is 2.36. The fourth-order valence-corrected chi connectivity index (χ4v) is 6.65. The van der Waals surface area contributed by atoms with Crippen molar-refractivity contribution in [2.75, 3.05) is 24.9 Å². The van der Waals surface area contributed by atoms with E-state index in [-0.39, 0.29) is 21.5 Å². The lowest BCUT2D eigenvalue weighted by molar-refractivity contribution is -0.139. The maximum atomic E-state index is 13.5. The van der Waals surface area contributed by atoms with E-state index in [1.54, 1.807) is 24.3 Å². The van der Waals surface area contributed by atoms with Crippen LogP contribution >= 0.6 is 22.9 Å². The average molecular weight is 547 g/mol. The number of aliphatic hydroxyl groups excluding tert-OH is 1. The average Bonchev–Trinajstić information content (AvgIpc) is 3.38. The molecule has 4 rings (SSSR count). The number of hydrogen-bond acceptors (Lipinski definition) is 6. The smallest absolute Gasteiger partial charge is 0.419 e. The van der Waals surface area contributed by atoms with Gasteiger partial charge in [0.25, 0.3) is 10.0 Å². The van der Waals surface area contributed by atoms with Crippen LogP contribution < -0.4 is 9.46 Å². The first-order valence-electron chi connectivity index (χ1n) is 10.5. The van der Waals surface area contributed by atoms with E-state index in [0.29, 0.717) is 35.5 Å². The number of sulfonamides is 1. The third-order valence-electron chi connectivity index (χ3n) is 5.48. The van der Waals surface area contributed by atoms with E-state index in [0.717, 1.165) is 29.5 Å². The molecule has 0 unspecified atom stereocenters. The lowest BCUT2D eigenvalue weighted by Crippen LogP contribution is -2.23. The molecule has 0 amide bonds. The van der Waals surface area contributed by atoms with Crippen LogP contribution in [0.4, 0.5) is 18.9 Å². The Balaban J connectivity index is 1.62. The molecule has 1 fully saturated rings. The van der Waals surface area contributed by atoms with Gasteiger partial charge in [0, 0.05) is 19.2 Å². The van der Waals surface area contributed by atoms with Crippen molar-refractivity contribution in [3.63, 3.8) is 0 Å². The third-order valence-corrected chi connectivity index (χ3v) is 8.93. The molecule has 3 aromatic rings. The molecular weight excluding hydrogens is 525 g/mol. The Morgan fingerprint density at radius 3 is 2.66 bits per heavy atom. The predicted molar refractivity (Wildman–Crippen MR) is 129 cm³/mol. The summed E-state index contributed by atoms with van der Waals surface area (Å²) in [6.07, 6.45) is -4.52. The van der Waals surface area contributed by atoms with Crippen molar-refractivity contribution < 1.29 is 31.4 Å². The van der Waals surface area contributed by atoms with Crippen LogP contribution in [0.2, 0.25) is 5.02 Å². The fraction of sp³-hybridized carbons (Fsp3) is 0.304. The third kappa shape index (κ3) is 5.92. The topological polar surface area (TPSA) is 78.9 Å². The molecule has 1 atom stereocenters. The summed E-state index contributed by atoms with van der Waals surface area (Å²) in [5, 5.41) is 9.55. The molecule has 12 heteroatoms. The molecule has 2 aromatic carbocycles. The predicted octanol–water partition coefficient (Wildman–Crippen LogP) is 5.46. The number of likely N-dealkylation sites (tertiary alicyclic amines) is 1. The van der Waals surface area contributed by atoms with E-state index in [2.05, 4.69) is 4.72 Å². The van der Waals surface area contributed by atoms with Crippen LogP contribution in [0.15, 0.2) is 52.7 Å². The van der Waals surface area contributed by atoms with E-state index < -0.39 is 33.6 Å². The number of benzene rings is 2. The second-order valence-corrected chi connectivity index (χ2v) is 11.6. The van der Waals surface area contributed by atoms with E-state index in [1.807, 2.05) is 11.9 Å². The van der Waals surface area contributed by atoms with Crippen molar-refractivity contribution in [2.45, 2.75) is 29.5 Å². The van der Waals surface area contributed by atoms with Crippen LogP contribution in [0, 0.1) is 0 Å². The molecular formula is C23H22ClF3N2O4S2. The summed E-state index contributed by atoms with van der Waals surface area (Å²) in [5.41, 5.74) is 0.243. The molecule has 0 saturated carbocycles. The monoisotopic (exact) mass is 546 g/mol. The molecule has 1 saturated heterocycles. The molecule has 0 aliphatic carbocycles. The molecule has 6 nitrogen and oxygen atoms in total. The Kier molecular flexibility index (Phi) is 7.35.